The monoisotopic (exact) mass is 583 g/mol. The second-order valence-electron chi connectivity index (χ2n) is 11.5. The van der Waals surface area contributed by atoms with E-state index in [9.17, 15) is 9.59 Å². The van der Waals surface area contributed by atoms with E-state index in [1.165, 1.54) is 0 Å². The van der Waals surface area contributed by atoms with Crippen LogP contribution in [-0.4, -0.2) is 60.8 Å². The summed E-state index contributed by atoms with van der Waals surface area (Å²) in [6.45, 7) is 7.56. The molecule has 5 rings (SSSR count). The van der Waals surface area contributed by atoms with E-state index in [0.29, 0.717) is 61.8 Å². The smallest absolute Gasteiger partial charge is 0.254 e. The minimum absolute atomic E-state index is 0.0146. The van der Waals surface area contributed by atoms with Gasteiger partial charge in [-0.15, -0.1) is 0 Å². The average Bonchev–Trinajstić information content (AvgIpc) is 3.30. The number of nitrogens with zero attached hydrogens (tertiary/aromatic N) is 3. The van der Waals surface area contributed by atoms with Crippen molar-refractivity contribution in [3.8, 4) is 17.2 Å². The highest BCUT2D eigenvalue weighted by Crippen LogP contribution is 2.40. The molecule has 2 amide bonds. The zero-order valence-corrected chi connectivity index (χ0v) is 25.8. The van der Waals surface area contributed by atoms with Gasteiger partial charge in [-0.1, -0.05) is 49.7 Å². The van der Waals surface area contributed by atoms with Gasteiger partial charge in [-0.2, -0.15) is 5.10 Å². The Labute approximate surface area is 254 Å². The van der Waals surface area contributed by atoms with Crippen molar-refractivity contribution in [3.63, 3.8) is 0 Å². The van der Waals surface area contributed by atoms with E-state index < -0.39 is 5.41 Å². The van der Waals surface area contributed by atoms with Crippen molar-refractivity contribution in [1.82, 2.24) is 9.91 Å². The van der Waals surface area contributed by atoms with Crippen LogP contribution in [0.3, 0.4) is 0 Å². The molecule has 1 saturated heterocycles. The van der Waals surface area contributed by atoms with Crippen molar-refractivity contribution in [3.05, 3.63) is 89.0 Å². The number of likely N-dealkylation sites (tertiary alicyclic amines) is 1. The number of carbonyl (C=O) groups is 2. The molecule has 2 aliphatic heterocycles. The van der Waals surface area contributed by atoms with Crippen LogP contribution >= 0.6 is 0 Å². The van der Waals surface area contributed by atoms with Gasteiger partial charge in [0.25, 0.3) is 11.8 Å². The molecule has 0 spiro atoms. The summed E-state index contributed by atoms with van der Waals surface area (Å²) in [5.41, 5.74) is 3.49. The highest BCUT2D eigenvalue weighted by atomic mass is 16.5. The Bertz CT molecular complexity index is 1500. The van der Waals surface area contributed by atoms with Crippen LogP contribution in [-0.2, 0) is 11.4 Å². The summed E-state index contributed by atoms with van der Waals surface area (Å²) < 4.78 is 16.9. The lowest BCUT2D eigenvalue weighted by molar-refractivity contribution is -0.138. The SMILES string of the molecule is CCCC1(C)C(=O)N(C2CCN(C(=O)c3cc(OCc4ccccc4)ccc3C)CC2)N=C1c1ccc(OC)c(OC)c1. The van der Waals surface area contributed by atoms with E-state index in [1.54, 1.807) is 19.2 Å². The Hall–Kier alpha value is -4.33. The number of benzene rings is 3. The number of carbonyl (C=O) groups excluding carboxylic acids is 2. The first-order valence-corrected chi connectivity index (χ1v) is 15.0. The standard InChI is InChI=1S/C35H41N3O5/c1-6-18-35(3)32(26-13-15-30(41-4)31(21-26)42-5)36-38(34(35)40)27-16-19-37(20-17-27)33(39)29-22-28(14-12-24(29)2)43-23-25-10-8-7-9-11-25/h7-15,21-22,27H,6,16-20,23H2,1-5H3. The zero-order chi connectivity index (χ0) is 30.6. The molecule has 226 valence electrons. The lowest BCUT2D eigenvalue weighted by atomic mass is 9.77. The summed E-state index contributed by atoms with van der Waals surface area (Å²) >= 11 is 0. The third-order valence-electron chi connectivity index (χ3n) is 8.60. The van der Waals surface area contributed by atoms with Gasteiger partial charge in [-0.25, -0.2) is 5.01 Å². The number of piperidine rings is 1. The zero-order valence-electron chi connectivity index (χ0n) is 25.8. The molecule has 3 aromatic carbocycles. The number of rotatable bonds is 10. The Morgan fingerprint density at radius 1 is 0.977 bits per heavy atom. The molecule has 0 N–H and O–H groups in total. The number of ether oxygens (including phenoxy) is 3. The number of methoxy groups -OCH3 is 2. The van der Waals surface area contributed by atoms with Crippen molar-refractivity contribution in [2.45, 2.75) is 59.1 Å². The summed E-state index contributed by atoms with van der Waals surface area (Å²) in [5, 5.41) is 6.64. The molecule has 0 aliphatic carbocycles. The predicted molar refractivity (Wildman–Crippen MR) is 167 cm³/mol. The van der Waals surface area contributed by atoms with Gasteiger partial charge in [0.15, 0.2) is 11.5 Å². The molecule has 3 aromatic rings. The van der Waals surface area contributed by atoms with Gasteiger partial charge < -0.3 is 19.1 Å². The van der Waals surface area contributed by atoms with Gasteiger partial charge in [0.2, 0.25) is 0 Å². The van der Waals surface area contributed by atoms with Gasteiger partial charge in [-0.05, 0) is 74.6 Å². The molecule has 2 heterocycles. The minimum atomic E-state index is -0.737. The van der Waals surface area contributed by atoms with Gasteiger partial charge in [0, 0.05) is 24.2 Å². The van der Waals surface area contributed by atoms with Crippen LogP contribution in [0, 0.1) is 12.3 Å². The second kappa shape index (κ2) is 12.9. The van der Waals surface area contributed by atoms with Crippen molar-refractivity contribution in [2.75, 3.05) is 27.3 Å². The number of hydrogen-bond acceptors (Lipinski definition) is 6. The first-order chi connectivity index (χ1) is 20.8. The van der Waals surface area contributed by atoms with Crippen LogP contribution in [0.15, 0.2) is 71.8 Å². The summed E-state index contributed by atoms with van der Waals surface area (Å²) in [6.07, 6.45) is 2.86. The van der Waals surface area contributed by atoms with E-state index in [4.69, 9.17) is 19.3 Å². The summed E-state index contributed by atoms with van der Waals surface area (Å²) in [6, 6.07) is 21.2. The fourth-order valence-corrected chi connectivity index (χ4v) is 6.10. The molecule has 1 unspecified atom stereocenters. The van der Waals surface area contributed by atoms with E-state index in [-0.39, 0.29) is 17.9 Å². The third-order valence-corrected chi connectivity index (χ3v) is 8.60. The van der Waals surface area contributed by atoms with E-state index in [1.807, 2.05) is 85.5 Å². The second-order valence-corrected chi connectivity index (χ2v) is 11.5. The lowest BCUT2D eigenvalue weighted by Crippen LogP contribution is -2.48. The quantitative estimate of drug-likeness (QED) is 0.282. The molecular weight excluding hydrogens is 542 g/mol. The van der Waals surface area contributed by atoms with E-state index >= 15 is 0 Å². The number of amides is 2. The van der Waals surface area contributed by atoms with Gasteiger partial charge >= 0.3 is 0 Å². The average molecular weight is 584 g/mol. The van der Waals surface area contributed by atoms with Crippen LogP contribution in [0.4, 0.5) is 0 Å². The summed E-state index contributed by atoms with van der Waals surface area (Å²) in [5.74, 6) is 1.90. The first kappa shape index (κ1) is 30.1. The number of aryl methyl sites for hydroxylation is 1. The predicted octanol–water partition coefficient (Wildman–Crippen LogP) is 6.25. The molecule has 2 aliphatic rings. The molecule has 1 fully saturated rings. The maximum Gasteiger partial charge on any atom is 0.254 e. The molecule has 8 nitrogen and oxygen atoms in total. The van der Waals surface area contributed by atoms with E-state index in [2.05, 4.69) is 6.92 Å². The Kier molecular flexibility index (Phi) is 9.04. The van der Waals surface area contributed by atoms with Gasteiger partial charge in [-0.3, -0.25) is 9.59 Å². The maximum atomic E-state index is 13.9. The largest absolute Gasteiger partial charge is 0.493 e. The van der Waals surface area contributed by atoms with Crippen molar-refractivity contribution < 1.29 is 23.8 Å². The summed E-state index contributed by atoms with van der Waals surface area (Å²) in [7, 11) is 3.21. The first-order valence-electron chi connectivity index (χ1n) is 15.0. The van der Waals surface area contributed by atoms with Crippen LogP contribution in [0.1, 0.15) is 66.6 Å². The molecule has 43 heavy (non-hydrogen) atoms. The fraction of sp³-hybridized carbons (Fsp3) is 0.400. The minimum Gasteiger partial charge on any atom is -0.493 e. The van der Waals surface area contributed by atoms with Crippen molar-refractivity contribution >= 4 is 17.5 Å². The van der Waals surface area contributed by atoms with Crippen molar-refractivity contribution in [2.24, 2.45) is 10.5 Å². The Morgan fingerprint density at radius 3 is 2.37 bits per heavy atom. The summed E-state index contributed by atoms with van der Waals surface area (Å²) in [4.78, 5) is 29.4. The Balaban J connectivity index is 1.29. The fourth-order valence-electron chi connectivity index (χ4n) is 6.10. The van der Waals surface area contributed by atoms with Crippen LogP contribution in [0.25, 0.3) is 0 Å². The van der Waals surface area contributed by atoms with Crippen LogP contribution < -0.4 is 14.2 Å². The van der Waals surface area contributed by atoms with Crippen LogP contribution in [0.2, 0.25) is 0 Å². The molecule has 0 radical (unpaired) electrons. The lowest BCUT2D eigenvalue weighted by Gasteiger charge is -2.36. The van der Waals surface area contributed by atoms with Gasteiger partial charge in [0.05, 0.1) is 31.4 Å². The number of hydrazone groups is 1. The highest BCUT2D eigenvalue weighted by molar-refractivity contribution is 6.19. The molecular formula is C35H41N3O5. The highest BCUT2D eigenvalue weighted by Gasteiger charge is 2.49. The normalized spacial score (nSPS) is 18.9. The molecule has 8 heteroatoms. The molecule has 0 bridgehead atoms. The third kappa shape index (κ3) is 6.10. The van der Waals surface area contributed by atoms with E-state index in [0.717, 1.165) is 28.8 Å². The van der Waals surface area contributed by atoms with Crippen molar-refractivity contribution in [1.29, 1.82) is 0 Å². The molecule has 0 saturated carbocycles. The number of hydrogen-bond donors (Lipinski definition) is 0. The topological polar surface area (TPSA) is 80.7 Å². The van der Waals surface area contributed by atoms with Crippen LogP contribution in [0.5, 0.6) is 17.2 Å². The molecule has 0 aromatic heterocycles. The maximum absolute atomic E-state index is 13.9. The Morgan fingerprint density at radius 2 is 1.70 bits per heavy atom. The molecule has 1 atom stereocenters. The van der Waals surface area contributed by atoms with Gasteiger partial charge in [0.1, 0.15) is 12.4 Å².